The first-order chi connectivity index (χ1) is 9.08. The van der Waals surface area contributed by atoms with Crippen LogP contribution in [0.25, 0.3) is 0 Å². The summed E-state index contributed by atoms with van der Waals surface area (Å²) in [5.74, 6) is 0.313. The monoisotopic (exact) mass is 268 g/mol. The minimum atomic E-state index is -0.236. The van der Waals surface area contributed by atoms with E-state index in [4.69, 9.17) is 0 Å². The first kappa shape index (κ1) is 14.8. The Morgan fingerprint density at radius 2 is 2.05 bits per heavy atom. The molecule has 0 saturated carbocycles. The van der Waals surface area contributed by atoms with Crippen molar-refractivity contribution in [3.05, 3.63) is 0 Å². The number of carbonyl (C=O) groups is 1. The van der Waals surface area contributed by atoms with Crippen molar-refractivity contribution in [2.75, 3.05) is 19.6 Å². The second kappa shape index (κ2) is 6.71. The molecule has 2 fully saturated rings. The molecule has 19 heavy (non-hydrogen) atoms. The zero-order valence-electron chi connectivity index (χ0n) is 12.3. The van der Waals surface area contributed by atoms with Gasteiger partial charge in [-0.15, -0.1) is 0 Å². The van der Waals surface area contributed by atoms with E-state index in [9.17, 15) is 9.90 Å². The predicted octanol–water partition coefficient (Wildman–Crippen LogP) is 1.62. The van der Waals surface area contributed by atoms with E-state index in [1.807, 2.05) is 11.8 Å². The number of amides is 1. The van der Waals surface area contributed by atoms with Crippen LogP contribution in [0.5, 0.6) is 0 Å². The molecule has 4 heteroatoms. The topological polar surface area (TPSA) is 43.8 Å². The van der Waals surface area contributed by atoms with Crippen molar-refractivity contribution in [1.82, 2.24) is 9.80 Å². The van der Waals surface area contributed by atoms with Crippen molar-refractivity contribution in [2.45, 2.75) is 70.6 Å². The van der Waals surface area contributed by atoms with Gasteiger partial charge in [0, 0.05) is 31.6 Å². The lowest BCUT2D eigenvalue weighted by Gasteiger charge is -2.27. The fourth-order valence-electron chi connectivity index (χ4n) is 3.54. The van der Waals surface area contributed by atoms with Crippen LogP contribution in [0.3, 0.4) is 0 Å². The van der Waals surface area contributed by atoms with Crippen molar-refractivity contribution in [3.63, 3.8) is 0 Å². The van der Waals surface area contributed by atoms with Crippen molar-refractivity contribution < 1.29 is 9.90 Å². The van der Waals surface area contributed by atoms with Crippen LogP contribution in [0.2, 0.25) is 0 Å². The van der Waals surface area contributed by atoms with Gasteiger partial charge in [0.2, 0.25) is 5.91 Å². The molecule has 2 aliphatic heterocycles. The van der Waals surface area contributed by atoms with Crippen LogP contribution in [0.1, 0.15) is 52.4 Å². The maximum atomic E-state index is 12.2. The Kier molecular flexibility index (Phi) is 5.22. The lowest BCUT2D eigenvalue weighted by Crippen LogP contribution is -2.38. The molecule has 1 amide bonds. The molecule has 2 heterocycles. The Morgan fingerprint density at radius 1 is 1.32 bits per heavy atom. The first-order valence-electron chi connectivity index (χ1n) is 7.79. The molecule has 3 unspecified atom stereocenters. The van der Waals surface area contributed by atoms with E-state index in [1.165, 1.54) is 12.8 Å². The number of hydrogen-bond acceptors (Lipinski definition) is 3. The molecule has 110 valence electrons. The zero-order valence-corrected chi connectivity index (χ0v) is 12.3. The second-order valence-corrected chi connectivity index (χ2v) is 6.25. The van der Waals surface area contributed by atoms with Crippen LogP contribution in [-0.2, 0) is 4.79 Å². The summed E-state index contributed by atoms with van der Waals surface area (Å²) >= 11 is 0. The highest BCUT2D eigenvalue weighted by atomic mass is 16.3. The van der Waals surface area contributed by atoms with Gasteiger partial charge in [0.1, 0.15) is 0 Å². The van der Waals surface area contributed by atoms with E-state index in [0.29, 0.717) is 24.4 Å². The van der Waals surface area contributed by atoms with Gasteiger partial charge >= 0.3 is 0 Å². The van der Waals surface area contributed by atoms with Gasteiger partial charge in [0.05, 0.1) is 6.10 Å². The fourth-order valence-corrected chi connectivity index (χ4v) is 3.54. The molecule has 4 nitrogen and oxygen atoms in total. The van der Waals surface area contributed by atoms with E-state index < -0.39 is 0 Å². The van der Waals surface area contributed by atoms with E-state index in [-0.39, 0.29) is 6.10 Å². The van der Waals surface area contributed by atoms with Gasteiger partial charge in [-0.05, 0) is 52.5 Å². The molecule has 0 aromatic carbocycles. The van der Waals surface area contributed by atoms with E-state index in [0.717, 1.165) is 38.9 Å². The summed E-state index contributed by atoms with van der Waals surface area (Å²) in [7, 11) is 0. The summed E-state index contributed by atoms with van der Waals surface area (Å²) in [4.78, 5) is 16.6. The minimum absolute atomic E-state index is 0.236. The Bertz CT molecular complexity index is 307. The van der Waals surface area contributed by atoms with E-state index >= 15 is 0 Å². The van der Waals surface area contributed by atoms with Crippen LogP contribution in [0.4, 0.5) is 0 Å². The van der Waals surface area contributed by atoms with Crippen LogP contribution in [0, 0.1) is 0 Å². The molecule has 0 bridgehead atoms. The largest absolute Gasteiger partial charge is 0.393 e. The Labute approximate surface area is 116 Å². The molecule has 0 spiro atoms. The van der Waals surface area contributed by atoms with Gasteiger partial charge in [0.15, 0.2) is 0 Å². The summed E-state index contributed by atoms with van der Waals surface area (Å²) in [5.41, 5.74) is 0. The number of carbonyl (C=O) groups excluding carboxylic acids is 1. The van der Waals surface area contributed by atoms with Crippen LogP contribution >= 0.6 is 0 Å². The second-order valence-electron chi connectivity index (χ2n) is 6.25. The summed E-state index contributed by atoms with van der Waals surface area (Å²) in [5, 5.41) is 9.51. The standard InChI is InChI=1S/C15H28N2O2/c1-12-5-3-9-17(12)15(19)7-10-16-8-4-6-14(16)11-13(2)18/h12-14,18H,3-11H2,1-2H3. The van der Waals surface area contributed by atoms with Gasteiger partial charge in [-0.3, -0.25) is 9.69 Å². The zero-order chi connectivity index (χ0) is 13.8. The third kappa shape index (κ3) is 3.93. The van der Waals surface area contributed by atoms with Crippen LogP contribution in [0.15, 0.2) is 0 Å². The summed E-state index contributed by atoms with van der Waals surface area (Å²) in [6.45, 7) is 6.89. The lowest BCUT2D eigenvalue weighted by molar-refractivity contribution is -0.132. The molecular formula is C15H28N2O2. The van der Waals surface area contributed by atoms with Crippen molar-refractivity contribution >= 4 is 5.91 Å². The van der Waals surface area contributed by atoms with Gasteiger partial charge < -0.3 is 10.0 Å². The molecule has 0 radical (unpaired) electrons. The number of nitrogens with zero attached hydrogens (tertiary/aromatic N) is 2. The summed E-state index contributed by atoms with van der Waals surface area (Å²) in [6, 6.07) is 0.906. The van der Waals surface area contributed by atoms with Gasteiger partial charge in [0.25, 0.3) is 0 Å². The quantitative estimate of drug-likeness (QED) is 0.824. The van der Waals surface area contributed by atoms with Crippen molar-refractivity contribution in [3.8, 4) is 0 Å². The Hall–Kier alpha value is -0.610. The van der Waals surface area contributed by atoms with E-state index in [2.05, 4.69) is 11.8 Å². The minimum Gasteiger partial charge on any atom is -0.393 e. The molecule has 2 saturated heterocycles. The molecule has 0 aromatic rings. The average molecular weight is 268 g/mol. The lowest BCUT2D eigenvalue weighted by atomic mass is 10.1. The molecular weight excluding hydrogens is 240 g/mol. The highest BCUT2D eigenvalue weighted by Gasteiger charge is 2.28. The van der Waals surface area contributed by atoms with E-state index in [1.54, 1.807) is 0 Å². The summed E-state index contributed by atoms with van der Waals surface area (Å²) in [6.07, 6.45) is 5.92. The molecule has 1 N–H and O–H groups in total. The predicted molar refractivity (Wildman–Crippen MR) is 75.9 cm³/mol. The van der Waals surface area contributed by atoms with Gasteiger partial charge in [-0.1, -0.05) is 0 Å². The fraction of sp³-hybridized carbons (Fsp3) is 0.933. The molecule has 2 rings (SSSR count). The van der Waals surface area contributed by atoms with Gasteiger partial charge in [-0.25, -0.2) is 0 Å². The van der Waals surface area contributed by atoms with Gasteiger partial charge in [-0.2, -0.15) is 0 Å². The van der Waals surface area contributed by atoms with Crippen LogP contribution < -0.4 is 0 Å². The SMILES string of the molecule is CC(O)CC1CCCN1CCC(=O)N1CCCC1C. The van der Waals surface area contributed by atoms with Crippen molar-refractivity contribution in [2.24, 2.45) is 0 Å². The van der Waals surface area contributed by atoms with Crippen LogP contribution in [-0.4, -0.2) is 58.6 Å². The normalized spacial score (nSPS) is 29.9. The Balaban J connectivity index is 1.76. The summed E-state index contributed by atoms with van der Waals surface area (Å²) < 4.78 is 0. The number of hydrogen-bond donors (Lipinski definition) is 1. The highest BCUT2D eigenvalue weighted by molar-refractivity contribution is 5.77. The number of aliphatic hydroxyl groups excluding tert-OH is 1. The first-order valence-corrected chi connectivity index (χ1v) is 7.79. The number of aliphatic hydroxyl groups is 1. The average Bonchev–Trinajstić information content (AvgIpc) is 2.94. The third-order valence-electron chi connectivity index (χ3n) is 4.60. The third-order valence-corrected chi connectivity index (χ3v) is 4.60. The van der Waals surface area contributed by atoms with Crippen molar-refractivity contribution in [1.29, 1.82) is 0 Å². The Morgan fingerprint density at radius 3 is 2.68 bits per heavy atom. The number of rotatable bonds is 5. The molecule has 2 aliphatic rings. The maximum Gasteiger partial charge on any atom is 0.224 e. The highest BCUT2D eigenvalue weighted by Crippen LogP contribution is 2.22. The molecule has 0 aromatic heterocycles. The number of likely N-dealkylation sites (tertiary alicyclic amines) is 2. The molecule has 3 atom stereocenters. The maximum absolute atomic E-state index is 12.2. The smallest absolute Gasteiger partial charge is 0.224 e. The molecule has 0 aliphatic carbocycles.